The van der Waals surface area contributed by atoms with Gasteiger partial charge in [-0.25, -0.2) is 4.79 Å². The van der Waals surface area contributed by atoms with E-state index in [2.05, 4.69) is 17.6 Å². The van der Waals surface area contributed by atoms with E-state index in [1.54, 1.807) is 0 Å². The van der Waals surface area contributed by atoms with E-state index in [1.165, 1.54) is 12.8 Å². The van der Waals surface area contributed by atoms with Crippen molar-refractivity contribution in [2.75, 3.05) is 5.32 Å². The third-order valence-corrected chi connectivity index (χ3v) is 3.55. The van der Waals surface area contributed by atoms with Gasteiger partial charge in [0.25, 0.3) is 0 Å². The van der Waals surface area contributed by atoms with Crippen LogP contribution in [0.1, 0.15) is 38.2 Å². The number of anilines is 1. The Labute approximate surface area is 109 Å². The number of hydrogen-bond donors (Lipinski definition) is 2. The van der Waals surface area contributed by atoms with Gasteiger partial charge in [-0.1, -0.05) is 31.9 Å². The number of aryl methyl sites for hydroxylation is 1. The molecular weight excluding hydrogens is 224 g/mol. The molecule has 0 unspecified atom stereocenters. The first-order chi connectivity index (χ1) is 8.63. The van der Waals surface area contributed by atoms with Crippen LogP contribution >= 0.6 is 0 Å². The lowest BCUT2D eigenvalue weighted by molar-refractivity contribution is 0.238. The highest BCUT2D eigenvalue weighted by molar-refractivity contribution is 5.89. The molecular formula is C15H22N2O. The largest absolute Gasteiger partial charge is 0.335 e. The lowest BCUT2D eigenvalue weighted by Crippen LogP contribution is -2.40. The lowest BCUT2D eigenvalue weighted by Gasteiger charge is -2.27. The van der Waals surface area contributed by atoms with E-state index in [4.69, 9.17) is 0 Å². The van der Waals surface area contributed by atoms with Crippen LogP contribution in [-0.4, -0.2) is 12.1 Å². The summed E-state index contributed by atoms with van der Waals surface area (Å²) in [6, 6.07) is 8.11. The third-order valence-electron chi connectivity index (χ3n) is 3.55. The molecule has 0 aromatic heterocycles. The molecule has 0 bridgehead atoms. The Morgan fingerprint density at radius 3 is 2.89 bits per heavy atom. The standard InChI is InChI=1S/C15H22N2O/c1-11-5-3-7-13(9-11)16-15(18)17-14-8-4-6-12(2)10-14/h3,5,7,9,12,14H,4,6,8,10H2,1-2H3,(H2,16,17,18)/t12-,14+/m1/s1. The number of nitrogens with one attached hydrogen (secondary N) is 2. The molecule has 3 nitrogen and oxygen atoms in total. The van der Waals surface area contributed by atoms with Crippen molar-refractivity contribution in [2.45, 2.75) is 45.6 Å². The second-order valence-electron chi connectivity index (χ2n) is 5.44. The Balaban J connectivity index is 1.85. The molecule has 0 radical (unpaired) electrons. The molecule has 2 atom stereocenters. The van der Waals surface area contributed by atoms with Gasteiger partial charge in [0.2, 0.25) is 0 Å². The number of hydrogen-bond acceptors (Lipinski definition) is 1. The molecule has 1 saturated carbocycles. The van der Waals surface area contributed by atoms with Gasteiger partial charge in [0.1, 0.15) is 0 Å². The highest BCUT2D eigenvalue weighted by atomic mass is 16.2. The maximum absolute atomic E-state index is 11.9. The van der Waals surface area contributed by atoms with Gasteiger partial charge in [-0.3, -0.25) is 0 Å². The van der Waals surface area contributed by atoms with E-state index in [-0.39, 0.29) is 6.03 Å². The minimum absolute atomic E-state index is 0.0836. The molecule has 3 heteroatoms. The fourth-order valence-corrected chi connectivity index (χ4v) is 2.64. The summed E-state index contributed by atoms with van der Waals surface area (Å²) in [5.74, 6) is 0.725. The average Bonchev–Trinajstić information content (AvgIpc) is 2.28. The van der Waals surface area contributed by atoms with Crippen LogP contribution in [0, 0.1) is 12.8 Å². The Morgan fingerprint density at radius 2 is 2.17 bits per heavy atom. The van der Waals surface area contributed by atoms with Gasteiger partial charge in [0, 0.05) is 11.7 Å². The zero-order chi connectivity index (χ0) is 13.0. The first-order valence-electron chi connectivity index (χ1n) is 6.77. The highest BCUT2D eigenvalue weighted by Crippen LogP contribution is 2.23. The van der Waals surface area contributed by atoms with Crippen LogP contribution in [-0.2, 0) is 0 Å². The van der Waals surface area contributed by atoms with E-state index in [9.17, 15) is 4.79 Å². The Bertz CT molecular complexity index is 417. The predicted octanol–water partition coefficient (Wildman–Crippen LogP) is 3.70. The topological polar surface area (TPSA) is 41.1 Å². The van der Waals surface area contributed by atoms with E-state index in [1.807, 2.05) is 31.2 Å². The SMILES string of the molecule is Cc1cccc(NC(=O)N[C@H]2CCC[C@@H](C)C2)c1. The molecule has 2 N–H and O–H groups in total. The summed E-state index contributed by atoms with van der Waals surface area (Å²) in [5.41, 5.74) is 2.01. The van der Waals surface area contributed by atoms with Gasteiger partial charge in [-0.2, -0.15) is 0 Å². The molecule has 2 amide bonds. The molecule has 1 aromatic carbocycles. The predicted molar refractivity (Wildman–Crippen MR) is 74.8 cm³/mol. The maximum atomic E-state index is 11.9. The number of urea groups is 1. The summed E-state index contributed by atoms with van der Waals surface area (Å²) in [5, 5.41) is 5.96. The quantitative estimate of drug-likeness (QED) is 0.821. The summed E-state index contributed by atoms with van der Waals surface area (Å²) < 4.78 is 0. The summed E-state index contributed by atoms with van der Waals surface area (Å²) in [7, 11) is 0. The molecule has 1 aromatic rings. The molecule has 0 aliphatic heterocycles. The van der Waals surface area contributed by atoms with Crippen LogP contribution < -0.4 is 10.6 Å². The second-order valence-corrected chi connectivity index (χ2v) is 5.44. The Kier molecular flexibility index (Phi) is 4.24. The van der Waals surface area contributed by atoms with Crippen LogP contribution in [0.3, 0.4) is 0 Å². The Morgan fingerprint density at radius 1 is 1.33 bits per heavy atom. The minimum atomic E-state index is -0.0836. The van der Waals surface area contributed by atoms with Crippen molar-refractivity contribution in [1.29, 1.82) is 0 Å². The zero-order valence-corrected chi connectivity index (χ0v) is 11.2. The van der Waals surface area contributed by atoms with Crippen LogP contribution in [0.25, 0.3) is 0 Å². The molecule has 0 heterocycles. The van der Waals surface area contributed by atoms with Gasteiger partial charge in [-0.15, -0.1) is 0 Å². The normalized spacial score (nSPS) is 23.4. The molecule has 0 saturated heterocycles. The molecule has 18 heavy (non-hydrogen) atoms. The van der Waals surface area contributed by atoms with Gasteiger partial charge in [0.05, 0.1) is 0 Å². The molecule has 1 aliphatic rings. The monoisotopic (exact) mass is 246 g/mol. The number of benzene rings is 1. The van der Waals surface area contributed by atoms with Crippen LogP contribution in [0.5, 0.6) is 0 Å². The third kappa shape index (κ3) is 3.76. The number of amides is 2. The highest BCUT2D eigenvalue weighted by Gasteiger charge is 2.20. The van der Waals surface area contributed by atoms with Crippen LogP contribution in [0.2, 0.25) is 0 Å². The van der Waals surface area contributed by atoms with Gasteiger partial charge >= 0.3 is 6.03 Å². The van der Waals surface area contributed by atoms with Crippen molar-refractivity contribution in [1.82, 2.24) is 5.32 Å². The van der Waals surface area contributed by atoms with E-state index >= 15 is 0 Å². The lowest BCUT2D eigenvalue weighted by atomic mass is 9.87. The molecule has 2 rings (SSSR count). The van der Waals surface area contributed by atoms with E-state index in [0.29, 0.717) is 6.04 Å². The van der Waals surface area contributed by atoms with Gasteiger partial charge in [-0.05, 0) is 43.4 Å². The summed E-state index contributed by atoms with van der Waals surface area (Å²) in [4.78, 5) is 11.9. The summed E-state index contributed by atoms with van der Waals surface area (Å²) in [6.07, 6.45) is 4.71. The fourth-order valence-electron chi connectivity index (χ4n) is 2.64. The maximum Gasteiger partial charge on any atom is 0.319 e. The van der Waals surface area contributed by atoms with Gasteiger partial charge in [0.15, 0.2) is 0 Å². The van der Waals surface area contributed by atoms with E-state index < -0.39 is 0 Å². The van der Waals surface area contributed by atoms with Crippen LogP contribution in [0.15, 0.2) is 24.3 Å². The van der Waals surface area contributed by atoms with Crippen molar-refractivity contribution in [3.63, 3.8) is 0 Å². The molecule has 98 valence electrons. The molecule has 0 spiro atoms. The first kappa shape index (κ1) is 12.9. The Hall–Kier alpha value is -1.51. The molecule has 1 aliphatic carbocycles. The van der Waals surface area contributed by atoms with E-state index in [0.717, 1.165) is 30.0 Å². The fraction of sp³-hybridized carbons (Fsp3) is 0.533. The van der Waals surface area contributed by atoms with Crippen molar-refractivity contribution >= 4 is 11.7 Å². The molecule has 1 fully saturated rings. The second kappa shape index (κ2) is 5.89. The summed E-state index contributed by atoms with van der Waals surface area (Å²) >= 11 is 0. The number of rotatable bonds is 2. The van der Waals surface area contributed by atoms with Crippen molar-refractivity contribution in [2.24, 2.45) is 5.92 Å². The van der Waals surface area contributed by atoms with Crippen molar-refractivity contribution in [3.8, 4) is 0 Å². The van der Waals surface area contributed by atoms with Crippen LogP contribution in [0.4, 0.5) is 10.5 Å². The summed E-state index contributed by atoms with van der Waals surface area (Å²) in [6.45, 7) is 4.28. The zero-order valence-electron chi connectivity index (χ0n) is 11.2. The minimum Gasteiger partial charge on any atom is -0.335 e. The first-order valence-corrected chi connectivity index (χ1v) is 6.77. The van der Waals surface area contributed by atoms with Crippen molar-refractivity contribution in [3.05, 3.63) is 29.8 Å². The number of carbonyl (C=O) groups excluding carboxylic acids is 1. The number of carbonyl (C=O) groups is 1. The van der Waals surface area contributed by atoms with Crippen molar-refractivity contribution < 1.29 is 4.79 Å². The average molecular weight is 246 g/mol. The smallest absolute Gasteiger partial charge is 0.319 e. The van der Waals surface area contributed by atoms with Gasteiger partial charge < -0.3 is 10.6 Å².